The molecule has 2 rings (SSSR count). The molecule has 0 spiro atoms. The van der Waals surface area contributed by atoms with E-state index >= 15 is 0 Å². The highest BCUT2D eigenvalue weighted by atomic mass is 32.1. The second kappa shape index (κ2) is 5.51. The molecule has 0 heterocycles. The molecule has 0 aliphatic heterocycles. The van der Waals surface area contributed by atoms with Gasteiger partial charge in [0.1, 0.15) is 23.1 Å². The lowest BCUT2D eigenvalue weighted by molar-refractivity contribution is 0.305. The van der Waals surface area contributed by atoms with Crippen LogP contribution in [-0.4, -0.2) is 10.1 Å². The van der Waals surface area contributed by atoms with E-state index in [0.29, 0.717) is 17.3 Å². The smallest absolute Gasteiger partial charge is 0.129 e. The maximum Gasteiger partial charge on any atom is 0.129 e. The first-order chi connectivity index (χ1) is 8.66. The molecule has 0 saturated heterocycles. The molecule has 0 amide bonds. The van der Waals surface area contributed by atoms with Crippen molar-refractivity contribution in [2.75, 3.05) is 0 Å². The van der Waals surface area contributed by atoms with Crippen molar-refractivity contribution in [1.29, 1.82) is 0 Å². The van der Waals surface area contributed by atoms with Gasteiger partial charge in [0.05, 0.1) is 5.56 Å². The zero-order valence-corrected chi connectivity index (χ0v) is 10.5. The van der Waals surface area contributed by atoms with Crippen LogP contribution in [0.4, 0.5) is 0 Å². The molecular weight excluding hydrogens is 246 g/mol. The lowest BCUT2D eigenvalue weighted by atomic mass is 10.2. The van der Waals surface area contributed by atoms with Crippen molar-refractivity contribution in [3.05, 3.63) is 59.7 Å². The number of hydrogen-bond donors (Lipinski definition) is 2. The molecule has 0 radical (unpaired) electrons. The molecule has 0 aliphatic rings. The predicted molar refractivity (Wildman–Crippen MR) is 74.8 cm³/mol. The summed E-state index contributed by atoms with van der Waals surface area (Å²) >= 11 is 4.96. The summed E-state index contributed by atoms with van der Waals surface area (Å²) < 4.78 is 5.68. The summed E-state index contributed by atoms with van der Waals surface area (Å²) in [7, 11) is 0. The Morgan fingerprint density at radius 3 is 2.44 bits per heavy atom. The Bertz CT molecular complexity index is 552. The number of benzene rings is 2. The lowest BCUT2D eigenvalue weighted by Crippen LogP contribution is -2.11. The van der Waals surface area contributed by atoms with Gasteiger partial charge >= 0.3 is 0 Å². The van der Waals surface area contributed by atoms with E-state index in [4.69, 9.17) is 22.7 Å². The fraction of sp³-hybridized carbons (Fsp3) is 0.0714. The van der Waals surface area contributed by atoms with Gasteiger partial charge in [-0.1, -0.05) is 36.5 Å². The molecule has 3 N–H and O–H groups in total. The summed E-state index contributed by atoms with van der Waals surface area (Å²) in [6, 6.07) is 14.2. The zero-order chi connectivity index (χ0) is 13.0. The molecule has 18 heavy (non-hydrogen) atoms. The Labute approximate surface area is 111 Å². The number of para-hydroxylation sites is 1. The van der Waals surface area contributed by atoms with Crippen molar-refractivity contribution < 1.29 is 9.84 Å². The van der Waals surface area contributed by atoms with E-state index in [0.717, 1.165) is 11.1 Å². The Kier molecular flexibility index (Phi) is 3.79. The summed E-state index contributed by atoms with van der Waals surface area (Å²) in [5.41, 5.74) is 7.31. The number of thiocarbonyl (C=S) groups is 1. The van der Waals surface area contributed by atoms with E-state index in [1.807, 2.05) is 24.3 Å². The van der Waals surface area contributed by atoms with Crippen LogP contribution in [0.3, 0.4) is 0 Å². The first-order valence-electron chi connectivity index (χ1n) is 5.46. The molecule has 0 fully saturated rings. The van der Waals surface area contributed by atoms with Crippen LogP contribution in [0.1, 0.15) is 11.1 Å². The number of aromatic hydroxyl groups is 1. The van der Waals surface area contributed by atoms with Gasteiger partial charge < -0.3 is 15.6 Å². The fourth-order valence-corrected chi connectivity index (χ4v) is 1.72. The molecule has 2 aromatic carbocycles. The fourth-order valence-electron chi connectivity index (χ4n) is 1.55. The Morgan fingerprint density at radius 1 is 1.11 bits per heavy atom. The van der Waals surface area contributed by atoms with E-state index < -0.39 is 0 Å². The average molecular weight is 259 g/mol. The highest BCUT2D eigenvalue weighted by Gasteiger charge is 2.05. The minimum Gasteiger partial charge on any atom is -0.508 e. The Morgan fingerprint density at radius 2 is 1.78 bits per heavy atom. The quantitative estimate of drug-likeness (QED) is 0.829. The molecular formula is C14H13NO2S. The second-order valence-corrected chi connectivity index (χ2v) is 4.26. The number of phenols is 1. The third kappa shape index (κ3) is 2.99. The number of phenolic OH excluding ortho intramolecular Hbond substituents is 1. The largest absolute Gasteiger partial charge is 0.508 e. The summed E-state index contributed by atoms with van der Waals surface area (Å²) in [5.74, 6) is 0.903. The van der Waals surface area contributed by atoms with Crippen LogP contribution in [0.5, 0.6) is 11.5 Å². The maximum absolute atomic E-state index is 9.18. The van der Waals surface area contributed by atoms with E-state index in [2.05, 4.69) is 0 Å². The van der Waals surface area contributed by atoms with Gasteiger partial charge in [0, 0.05) is 0 Å². The second-order valence-electron chi connectivity index (χ2n) is 3.82. The Hall–Kier alpha value is -2.07. The topological polar surface area (TPSA) is 55.5 Å². The van der Waals surface area contributed by atoms with E-state index in [-0.39, 0.29) is 5.75 Å². The molecule has 0 unspecified atom stereocenters. The average Bonchev–Trinajstić information content (AvgIpc) is 2.38. The van der Waals surface area contributed by atoms with Crippen molar-refractivity contribution in [2.45, 2.75) is 6.61 Å². The van der Waals surface area contributed by atoms with Crippen LogP contribution in [-0.2, 0) is 6.61 Å². The zero-order valence-electron chi connectivity index (χ0n) is 9.67. The van der Waals surface area contributed by atoms with E-state index in [9.17, 15) is 5.11 Å². The molecule has 0 aromatic heterocycles. The van der Waals surface area contributed by atoms with Gasteiger partial charge in [-0.3, -0.25) is 0 Å². The molecule has 2 aromatic rings. The summed E-state index contributed by atoms with van der Waals surface area (Å²) in [4.78, 5) is 0.316. The third-order valence-corrected chi connectivity index (χ3v) is 2.70. The van der Waals surface area contributed by atoms with Gasteiger partial charge in [-0.2, -0.15) is 0 Å². The lowest BCUT2D eigenvalue weighted by Gasteiger charge is -2.10. The van der Waals surface area contributed by atoms with Gasteiger partial charge in [0.25, 0.3) is 0 Å². The van der Waals surface area contributed by atoms with Crippen LogP contribution in [0.15, 0.2) is 48.5 Å². The van der Waals surface area contributed by atoms with Crippen molar-refractivity contribution in [1.82, 2.24) is 0 Å². The minimum atomic E-state index is 0.238. The summed E-state index contributed by atoms with van der Waals surface area (Å²) in [6.45, 7) is 0.403. The molecule has 0 aliphatic carbocycles. The van der Waals surface area contributed by atoms with Crippen molar-refractivity contribution >= 4 is 17.2 Å². The monoisotopic (exact) mass is 259 g/mol. The maximum atomic E-state index is 9.18. The summed E-state index contributed by atoms with van der Waals surface area (Å²) in [5, 5.41) is 9.18. The van der Waals surface area contributed by atoms with Gasteiger partial charge in [-0.05, 0) is 29.8 Å². The molecule has 0 bridgehead atoms. The van der Waals surface area contributed by atoms with Gasteiger partial charge in [-0.25, -0.2) is 0 Å². The minimum absolute atomic E-state index is 0.238. The van der Waals surface area contributed by atoms with Gasteiger partial charge in [0.15, 0.2) is 0 Å². The highest BCUT2D eigenvalue weighted by Crippen LogP contribution is 2.19. The number of rotatable bonds is 4. The molecule has 4 heteroatoms. The third-order valence-electron chi connectivity index (χ3n) is 2.48. The molecule has 92 valence electrons. The number of hydrogen-bond acceptors (Lipinski definition) is 3. The van der Waals surface area contributed by atoms with Crippen molar-refractivity contribution in [3.8, 4) is 11.5 Å². The first kappa shape index (κ1) is 12.4. The first-order valence-corrected chi connectivity index (χ1v) is 5.87. The van der Waals surface area contributed by atoms with Crippen LogP contribution < -0.4 is 10.5 Å². The number of nitrogens with two attached hydrogens (primary N) is 1. The molecule has 3 nitrogen and oxygen atoms in total. The normalized spacial score (nSPS) is 10.0. The summed E-state index contributed by atoms with van der Waals surface area (Å²) in [6.07, 6.45) is 0. The van der Waals surface area contributed by atoms with E-state index in [1.165, 1.54) is 0 Å². The van der Waals surface area contributed by atoms with Crippen molar-refractivity contribution in [2.24, 2.45) is 5.73 Å². The number of ether oxygens (including phenoxy) is 1. The van der Waals surface area contributed by atoms with Gasteiger partial charge in [0.2, 0.25) is 0 Å². The van der Waals surface area contributed by atoms with Crippen LogP contribution >= 0.6 is 12.2 Å². The van der Waals surface area contributed by atoms with Crippen LogP contribution in [0.2, 0.25) is 0 Å². The predicted octanol–water partition coefficient (Wildman–Crippen LogP) is 2.61. The SMILES string of the molecule is NC(=S)c1ccccc1OCc1ccc(O)cc1. The highest BCUT2D eigenvalue weighted by molar-refractivity contribution is 7.80. The Balaban J connectivity index is 2.10. The van der Waals surface area contributed by atoms with Crippen molar-refractivity contribution in [3.63, 3.8) is 0 Å². The van der Waals surface area contributed by atoms with Gasteiger partial charge in [-0.15, -0.1) is 0 Å². The molecule has 0 saturated carbocycles. The van der Waals surface area contributed by atoms with Crippen LogP contribution in [0.25, 0.3) is 0 Å². The van der Waals surface area contributed by atoms with E-state index in [1.54, 1.807) is 24.3 Å². The van der Waals surface area contributed by atoms with Crippen LogP contribution in [0, 0.1) is 0 Å². The molecule has 0 atom stereocenters. The standard InChI is InChI=1S/C14H13NO2S/c15-14(18)12-3-1-2-4-13(12)17-9-10-5-7-11(16)8-6-10/h1-8,16H,9H2,(H2,15,18).